The quantitative estimate of drug-likeness (QED) is 0.581. The van der Waals surface area contributed by atoms with Gasteiger partial charge in [0.2, 0.25) is 0 Å². The SMILES string of the molecule is C[CH2][Mn]([CH2]C)[C]1=CC=CC1. The maximum atomic E-state index is 2.32. The van der Waals surface area contributed by atoms with Crippen LogP contribution >= 0.6 is 0 Å². The Hall–Kier alpha value is -0.000519. The molecule has 0 saturated heterocycles. The Balaban J connectivity index is 2.47. The molecule has 0 fully saturated rings. The van der Waals surface area contributed by atoms with Crippen molar-refractivity contribution in [1.82, 2.24) is 0 Å². The molecule has 1 aliphatic rings. The van der Waals surface area contributed by atoms with Gasteiger partial charge in [-0.3, -0.25) is 0 Å². The Morgan fingerprint density at radius 3 is 2.50 bits per heavy atom. The molecule has 0 aromatic rings. The molecule has 0 unspecified atom stereocenters. The van der Waals surface area contributed by atoms with E-state index in [9.17, 15) is 0 Å². The Bertz CT molecular complexity index is 152. The van der Waals surface area contributed by atoms with E-state index in [4.69, 9.17) is 0 Å². The van der Waals surface area contributed by atoms with Crippen LogP contribution in [0, 0.1) is 0 Å². The molecule has 1 rings (SSSR count). The predicted molar refractivity (Wildman–Crippen MR) is 42.8 cm³/mol. The standard InChI is InChI=1S/C5H5.2C2H5.Mn/c1-2-4-5-3-1;2*1-2;/h1-3H,4H2;2*1H2,2H3;. The van der Waals surface area contributed by atoms with Crippen LogP contribution < -0.4 is 0 Å². The molecule has 0 atom stereocenters. The van der Waals surface area contributed by atoms with E-state index < -0.39 is 0 Å². The molecule has 0 amide bonds. The fourth-order valence-electron chi connectivity index (χ4n) is 1.15. The van der Waals surface area contributed by atoms with E-state index in [2.05, 4.69) is 32.1 Å². The second kappa shape index (κ2) is 4.00. The van der Waals surface area contributed by atoms with Gasteiger partial charge in [0, 0.05) is 0 Å². The van der Waals surface area contributed by atoms with Crippen molar-refractivity contribution < 1.29 is 13.9 Å². The number of hydrogen-bond acceptors (Lipinski definition) is 0. The van der Waals surface area contributed by atoms with Gasteiger partial charge in [-0.25, -0.2) is 0 Å². The first kappa shape index (κ1) is 8.10. The predicted octanol–water partition coefficient (Wildman–Crippen LogP) is 3.32. The minimum atomic E-state index is -0.124. The van der Waals surface area contributed by atoms with E-state index in [1.54, 1.807) is 4.47 Å². The van der Waals surface area contributed by atoms with E-state index in [-0.39, 0.29) is 13.9 Å². The van der Waals surface area contributed by atoms with E-state index in [0.29, 0.717) is 0 Å². The maximum absolute atomic E-state index is 2.32. The van der Waals surface area contributed by atoms with Gasteiger partial charge in [0.1, 0.15) is 0 Å². The fraction of sp³-hybridized carbons (Fsp3) is 0.556. The van der Waals surface area contributed by atoms with Crippen molar-refractivity contribution in [2.24, 2.45) is 0 Å². The molecule has 0 nitrogen and oxygen atoms in total. The summed E-state index contributed by atoms with van der Waals surface area (Å²) in [5, 5.41) is 2.80. The van der Waals surface area contributed by atoms with Gasteiger partial charge < -0.3 is 0 Å². The van der Waals surface area contributed by atoms with Crippen molar-refractivity contribution in [2.45, 2.75) is 30.9 Å². The van der Waals surface area contributed by atoms with Gasteiger partial charge in [0.25, 0.3) is 0 Å². The van der Waals surface area contributed by atoms with Crippen LogP contribution in [0.15, 0.2) is 22.7 Å². The van der Waals surface area contributed by atoms with Crippen LogP contribution in [0.5, 0.6) is 0 Å². The fourth-order valence-corrected chi connectivity index (χ4v) is 3.69. The molecule has 0 N–H and O–H groups in total. The Morgan fingerprint density at radius 1 is 1.40 bits per heavy atom. The summed E-state index contributed by atoms with van der Waals surface area (Å²) in [7, 11) is 0. The molecule has 0 saturated carbocycles. The summed E-state index contributed by atoms with van der Waals surface area (Å²) in [6.07, 6.45) is 8.04. The molecule has 0 aromatic carbocycles. The minimum absolute atomic E-state index is 0.124. The summed E-state index contributed by atoms with van der Waals surface area (Å²) < 4.78 is 1.73. The molecule has 0 aromatic heterocycles. The van der Waals surface area contributed by atoms with Crippen molar-refractivity contribution in [1.29, 1.82) is 0 Å². The molecular formula is C9H15Mn. The second-order valence-electron chi connectivity index (χ2n) is 2.24. The zero-order chi connectivity index (χ0) is 7.40. The second-order valence-corrected chi connectivity index (χ2v) is 6.09. The number of allylic oxidation sites excluding steroid dienone is 4. The van der Waals surface area contributed by atoms with Crippen LogP contribution in [0.25, 0.3) is 0 Å². The van der Waals surface area contributed by atoms with Crippen molar-refractivity contribution in [3.8, 4) is 0 Å². The summed E-state index contributed by atoms with van der Waals surface area (Å²) in [5.74, 6) is 0. The van der Waals surface area contributed by atoms with Gasteiger partial charge >= 0.3 is 67.5 Å². The average Bonchev–Trinajstić information content (AvgIpc) is 2.43. The Labute approximate surface area is 67.9 Å². The van der Waals surface area contributed by atoms with Crippen LogP contribution in [0.2, 0.25) is 10.6 Å². The van der Waals surface area contributed by atoms with Crippen LogP contribution in [-0.4, -0.2) is 0 Å². The first-order valence-corrected chi connectivity index (χ1v) is 6.11. The zero-order valence-electron chi connectivity index (χ0n) is 6.73. The van der Waals surface area contributed by atoms with Crippen molar-refractivity contribution in [2.75, 3.05) is 0 Å². The molecule has 10 heavy (non-hydrogen) atoms. The molecule has 1 heteroatoms. The van der Waals surface area contributed by atoms with E-state index in [1.165, 1.54) is 17.1 Å². The zero-order valence-corrected chi connectivity index (χ0v) is 7.91. The van der Waals surface area contributed by atoms with Gasteiger partial charge in [-0.15, -0.1) is 0 Å². The normalized spacial score (nSPS) is 17.4. The summed E-state index contributed by atoms with van der Waals surface area (Å²) in [4.78, 5) is 0. The van der Waals surface area contributed by atoms with Gasteiger partial charge in [0.15, 0.2) is 0 Å². The molecule has 0 spiro atoms. The van der Waals surface area contributed by atoms with Gasteiger partial charge in [-0.1, -0.05) is 0 Å². The van der Waals surface area contributed by atoms with Crippen LogP contribution in [0.4, 0.5) is 0 Å². The third-order valence-electron chi connectivity index (χ3n) is 1.71. The van der Waals surface area contributed by atoms with Gasteiger partial charge in [0.05, 0.1) is 0 Å². The van der Waals surface area contributed by atoms with E-state index in [1.807, 2.05) is 0 Å². The monoisotopic (exact) mass is 178 g/mol. The molecule has 0 radical (unpaired) electrons. The van der Waals surface area contributed by atoms with Crippen LogP contribution in [0.3, 0.4) is 0 Å². The van der Waals surface area contributed by atoms with Crippen molar-refractivity contribution in [3.63, 3.8) is 0 Å². The topological polar surface area (TPSA) is 0 Å². The third kappa shape index (κ3) is 1.74. The molecular weight excluding hydrogens is 163 g/mol. The molecule has 0 heterocycles. The molecule has 0 aliphatic heterocycles. The van der Waals surface area contributed by atoms with Crippen molar-refractivity contribution >= 4 is 0 Å². The summed E-state index contributed by atoms with van der Waals surface area (Å²) in [5.41, 5.74) is 0. The van der Waals surface area contributed by atoms with Crippen LogP contribution in [-0.2, 0) is 13.9 Å². The molecule has 0 bridgehead atoms. The average molecular weight is 178 g/mol. The van der Waals surface area contributed by atoms with Crippen LogP contribution in [0.1, 0.15) is 20.3 Å². The van der Waals surface area contributed by atoms with E-state index >= 15 is 0 Å². The first-order valence-electron chi connectivity index (χ1n) is 3.85. The summed E-state index contributed by atoms with van der Waals surface area (Å²) >= 11 is -0.124. The Morgan fingerprint density at radius 2 is 2.10 bits per heavy atom. The molecule has 1 aliphatic carbocycles. The number of hydrogen-bond donors (Lipinski definition) is 0. The van der Waals surface area contributed by atoms with Crippen molar-refractivity contribution in [3.05, 3.63) is 22.7 Å². The van der Waals surface area contributed by atoms with Gasteiger partial charge in [-0.05, 0) is 0 Å². The molecule has 58 valence electrons. The van der Waals surface area contributed by atoms with Gasteiger partial charge in [-0.2, -0.15) is 0 Å². The Kier molecular flexibility index (Phi) is 3.24. The summed E-state index contributed by atoms with van der Waals surface area (Å²) in [6, 6.07) is 0. The summed E-state index contributed by atoms with van der Waals surface area (Å²) in [6.45, 7) is 4.63. The third-order valence-corrected chi connectivity index (χ3v) is 5.24. The van der Waals surface area contributed by atoms with E-state index in [0.717, 1.165) is 0 Å². The first-order chi connectivity index (χ1) is 4.88. The number of rotatable bonds is 3.